The Labute approximate surface area is 129 Å². The molecule has 114 valence electrons. The van der Waals surface area contributed by atoms with Crippen LogP contribution in [0.5, 0.6) is 0 Å². The number of hydrogen-bond donors (Lipinski definition) is 2. The number of allylic oxidation sites excluding steroid dienone is 1. The van der Waals surface area contributed by atoms with E-state index in [4.69, 9.17) is 15.3 Å². The van der Waals surface area contributed by atoms with E-state index in [1.54, 1.807) is 57.2 Å². The van der Waals surface area contributed by atoms with Gasteiger partial charge in [0.05, 0.1) is 0 Å². The van der Waals surface area contributed by atoms with Gasteiger partial charge in [-0.25, -0.2) is 4.79 Å². The number of nitriles is 2. The Morgan fingerprint density at radius 3 is 2.23 bits per heavy atom. The number of benzene rings is 1. The molecule has 0 saturated heterocycles. The molecule has 0 saturated carbocycles. The quantitative estimate of drug-likeness (QED) is 0.659. The number of rotatable bonds is 3. The standard InChI is InChI=1S/C16H17N3O3/c1-16(2,3)22-15(21)19-10-11-4-6-12(7-5-11)14(20)13(8-17)9-18/h4-7,20H,10H2,1-3H3,(H,19,21). The molecule has 0 fully saturated rings. The minimum absolute atomic E-state index is 0.267. The fourth-order valence-corrected chi connectivity index (χ4v) is 1.54. The van der Waals surface area contributed by atoms with Crippen LogP contribution in [0.2, 0.25) is 0 Å². The number of hydrogen-bond acceptors (Lipinski definition) is 5. The van der Waals surface area contributed by atoms with Crippen LogP contribution in [-0.2, 0) is 11.3 Å². The second kappa shape index (κ2) is 7.14. The summed E-state index contributed by atoms with van der Waals surface area (Å²) in [6.07, 6.45) is -0.518. The summed E-state index contributed by atoms with van der Waals surface area (Å²) in [5.41, 5.74) is 0.242. The first kappa shape index (κ1) is 17.1. The lowest BCUT2D eigenvalue weighted by Gasteiger charge is -2.19. The third-order valence-corrected chi connectivity index (χ3v) is 2.52. The first-order valence-electron chi connectivity index (χ1n) is 6.56. The third-order valence-electron chi connectivity index (χ3n) is 2.52. The molecule has 2 N–H and O–H groups in total. The van der Waals surface area contributed by atoms with Gasteiger partial charge in [-0.05, 0) is 26.3 Å². The van der Waals surface area contributed by atoms with Crippen LogP contribution >= 0.6 is 0 Å². The highest BCUT2D eigenvalue weighted by Crippen LogP contribution is 2.16. The van der Waals surface area contributed by atoms with E-state index in [0.717, 1.165) is 5.56 Å². The van der Waals surface area contributed by atoms with Gasteiger partial charge in [0.2, 0.25) is 0 Å². The fourth-order valence-electron chi connectivity index (χ4n) is 1.54. The summed E-state index contributed by atoms with van der Waals surface area (Å²) >= 11 is 0. The molecule has 6 nitrogen and oxygen atoms in total. The Balaban J connectivity index is 2.72. The van der Waals surface area contributed by atoms with E-state index in [1.165, 1.54) is 0 Å². The van der Waals surface area contributed by atoms with Crippen molar-refractivity contribution in [3.63, 3.8) is 0 Å². The van der Waals surface area contributed by atoms with E-state index >= 15 is 0 Å². The highest BCUT2D eigenvalue weighted by molar-refractivity contribution is 5.70. The maximum Gasteiger partial charge on any atom is 0.407 e. The Kier molecular flexibility index (Phi) is 5.54. The Hall–Kier alpha value is -2.99. The Morgan fingerprint density at radius 1 is 1.23 bits per heavy atom. The number of ether oxygens (including phenoxy) is 1. The van der Waals surface area contributed by atoms with Crippen molar-refractivity contribution < 1.29 is 14.6 Å². The number of alkyl carbamates (subject to hydrolysis) is 1. The summed E-state index contributed by atoms with van der Waals surface area (Å²) in [5.74, 6) is -0.364. The van der Waals surface area contributed by atoms with Crippen LogP contribution in [0.15, 0.2) is 29.8 Å². The normalized spacial score (nSPS) is 10.0. The second-order valence-electron chi connectivity index (χ2n) is 5.50. The van der Waals surface area contributed by atoms with Gasteiger partial charge in [0, 0.05) is 12.1 Å². The number of amides is 1. The van der Waals surface area contributed by atoms with Crippen LogP contribution in [0.25, 0.3) is 5.76 Å². The van der Waals surface area contributed by atoms with Crippen molar-refractivity contribution in [2.45, 2.75) is 32.9 Å². The van der Waals surface area contributed by atoms with Crippen molar-refractivity contribution in [2.24, 2.45) is 0 Å². The summed E-state index contributed by atoms with van der Waals surface area (Å²) in [4.78, 5) is 11.5. The highest BCUT2D eigenvalue weighted by atomic mass is 16.6. The molecule has 0 aromatic heterocycles. The number of nitrogens with one attached hydrogen (secondary N) is 1. The molecule has 0 aliphatic carbocycles. The van der Waals surface area contributed by atoms with Crippen molar-refractivity contribution in [3.8, 4) is 12.1 Å². The minimum atomic E-state index is -0.560. The minimum Gasteiger partial charge on any atom is -0.505 e. The number of aliphatic hydroxyl groups is 1. The molecule has 1 aromatic rings. The summed E-state index contributed by atoms with van der Waals surface area (Å²) in [6.45, 7) is 5.60. The molecule has 0 atom stereocenters. The van der Waals surface area contributed by atoms with Crippen molar-refractivity contribution in [1.29, 1.82) is 10.5 Å². The molecule has 0 aliphatic rings. The first-order chi connectivity index (χ1) is 10.3. The molecule has 1 aromatic carbocycles. The molecule has 0 radical (unpaired) electrons. The lowest BCUT2D eigenvalue weighted by molar-refractivity contribution is 0.0523. The van der Waals surface area contributed by atoms with Gasteiger partial charge in [-0.1, -0.05) is 24.3 Å². The summed E-state index contributed by atoms with van der Waals surface area (Å²) in [7, 11) is 0. The van der Waals surface area contributed by atoms with E-state index in [2.05, 4.69) is 5.32 Å². The second-order valence-corrected chi connectivity index (χ2v) is 5.50. The fraction of sp³-hybridized carbons (Fsp3) is 0.312. The van der Waals surface area contributed by atoms with Crippen molar-refractivity contribution in [3.05, 3.63) is 41.0 Å². The zero-order valence-corrected chi connectivity index (χ0v) is 12.7. The van der Waals surface area contributed by atoms with Crippen LogP contribution < -0.4 is 5.32 Å². The van der Waals surface area contributed by atoms with E-state index in [0.29, 0.717) is 5.56 Å². The molecule has 0 unspecified atom stereocenters. The maximum absolute atomic E-state index is 11.5. The molecule has 0 spiro atoms. The van der Waals surface area contributed by atoms with E-state index in [-0.39, 0.29) is 17.9 Å². The predicted molar refractivity (Wildman–Crippen MR) is 80.3 cm³/mol. The summed E-state index contributed by atoms with van der Waals surface area (Å²) in [6, 6.07) is 9.73. The van der Waals surface area contributed by atoms with Gasteiger partial charge in [-0.3, -0.25) is 0 Å². The zero-order valence-electron chi connectivity index (χ0n) is 12.7. The molecule has 22 heavy (non-hydrogen) atoms. The average molecular weight is 299 g/mol. The molecule has 0 bridgehead atoms. The molecular weight excluding hydrogens is 282 g/mol. The monoisotopic (exact) mass is 299 g/mol. The maximum atomic E-state index is 11.5. The number of carbonyl (C=O) groups excluding carboxylic acids is 1. The lowest BCUT2D eigenvalue weighted by atomic mass is 10.1. The lowest BCUT2D eigenvalue weighted by Crippen LogP contribution is -2.32. The Bertz CT molecular complexity index is 640. The number of aliphatic hydroxyl groups excluding tert-OH is 1. The molecular formula is C16H17N3O3. The molecule has 6 heteroatoms. The van der Waals surface area contributed by atoms with Gasteiger partial charge in [-0.15, -0.1) is 0 Å². The van der Waals surface area contributed by atoms with E-state index in [1.807, 2.05) is 0 Å². The Morgan fingerprint density at radius 2 is 1.77 bits per heavy atom. The SMILES string of the molecule is CC(C)(C)OC(=O)NCc1ccc(C(O)=C(C#N)C#N)cc1. The van der Waals surface area contributed by atoms with Gasteiger partial charge in [0.15, 0.2) is 11.3 Å². The van der Waals surface area contributed by atoms with Gasteiger partial charge >= 0.3 is 6.09 Å². The van der Waals surface area contributed by atoms with Crippen molar-refractivity contribution >= 4 is 11.9 Å². The number of nitrogens with zero attached hydrogens (tertiary/aromatic N) is 2. The summed E-state index contributed by atoms with van der Waals surface area (Å²) in [5, 5.41) is 29.8. The van der Waals surface area contributed by atoms with Gasteiger partial charge in [0.1, 0.15) is 17.7 Å². The van der Waals surface area contributed by atoms with Crippen LogP contribution in [0.4, 0.5) is 4.79 Å². The zero-order chi connectivity index (χ0) is 16.8. The van der Waals surface area contributed by atoms with Crippen LogP contribution in [0, 0.1) is 22.7 Å². The van der Waals surface area contributed by atoms with Crippen molar-refractivity contribution in [2.75, 3.05) is 0 Å². The first-order valence-corrected chi connectivity index (χ1v) is 6.56. The molecule has 0 aliphatic heterocycles. The molecule has 1 rings (SSSR count). The smallest absolute Gasteiger partial charge is 0.407 e. The molecule has 1 amide bonds. The third kappa shape index (κ3) is 5.18. The predicted octanol–water partition coefficient (Wildman–Crippen LogP) is 3.03. The average Bonchev–Trinajstić information content (AvgIpc) is 2.45. The van der Waals surface area contributed by atoms with Gasteiger partial charge < -0.3 is 15.2 Å². The van der Waals surface area contributed by atoms with Gasteiger partial charge in [0.25, 0.3) is 0 Å². The number of carbonyl (C=O) groups is 1. The van der Waals surface area contributed by atoms with Crippen LogP contribution in [0.1, 0.15) is 31.9 Å². The molecule has 0 heterocycles. The topological polar surface area (TPSA) is 106 Å². The van der Waals surface area contributed by atoms with Gasteiger partial charge in [-0.2, -0.15) is 10.5 Å². The summed E-state index contributed by atoms with van der Waals surface area (Å²) < 4.78 is 5.11. The largest absolute Gasteiger partial charge is 0.505 e. The van der Waals surface area contributed by atoms with Crippen molar-refractivity contribution in [1.82, 2.24) is 5.32 Å². The van der Waals surface area contributed by atoms with Crippen LogP contribution in [-0.4, -0.2) is 16.8 Å². The van der Waals surface area contributed by atoms with Crippen LogP contribution in [0.3, 0.4) is 0 Å². The van der Waals surface area contributed by atoms with E-state index in [9.17, 15) is 9.90 Å². The van der Waals surface area contributed by atoms with E-state index < -0.39 is 11.7 Å². The highest BCUT2D eigenvalue weighted by Gasteiger charge is 2.15.